The third-order valence-corrected chi connectivity index (χ3v) is 7.19. The van der Waals surface area contributed by atoms with Crippen molar-refractivity contribution in [2.24, 2.45) is 5.92 Å². The van der Waals surface area contributed by atoms with Gasteiger partial charge in [-0.05, 0) is 46.9 Å². The predicted octanol–water partition coefficient (Wildman–Crippen LogP) is 3.64. The third-order valence-electron chi connectivity index (χ3n) is 7.19. The molecule has 0 aliphatic rings. The number of rotatable bonds is 15. The fraction of sp³-hybridized carbons (Fsp3) is 0.324. The Morgan fingerprint density at radius 3 is 2.27 bits per heavy atom. The number of pyridine rings is 1. The second-order valence-electron chi connectivity index (χ2n) is 11.2. The normalized spacial score (nSPS) is 12.2. The van der Waals surface area contributed by atoms with Gasteiger partial charge in [0.05, 0.1) is 6.33 Å². The van der Waals surface area contributed by atoms with Crippen molar-refractivity contribution < 1.29 is 19.1 Å². The topological polar surface area (TPSA) is 141 Å². The highest BCUT2D eigenvalue weighted by Gasteiger charge is 2.33. The average molecular weight is 612 g/mol. The van der Waals surface area contributed by atoms with E-state index in [1.54, 1.807) is 25.6 Å². The Balaban J connectivity index is 1.47. The Morgan fingerprint density at radius 2 is 1.60 bits per heavy atom. The fourth-order valence-electron chi connectivity index (χ4n) is 4.62. The van der Waals surface area contributed by atoms with Crippen molar-refractivity contribution in [1.82, 2.24) is 35.8 Å². The van der Waals surface area contributed by atoms with Gasteiger partial charge in [0.2, 0.25) is 11.8 Å². The number of amides is 4. The van der Waals surface area contributed by atoms with Crippen LogP contribution >= 0.6 is 0 Å². The lowest BCUT2D eigenvalue weighted by atomic mass is 10.0. The third kappa shape index (κ3) is 10.5. The molecule has 0 spiro atoms. The zero-order valence-electron chi connectivity index (χ0n) is 25.9. The molecule has 45 heavy (non-hydrogen) atoms. The summed E-state index contributed by atoms with van der Waals surface area (Å²) < 4.78 is 5.89. The van der Waals surface area contributed by atoms with E-state index in [0.717, 1.165) is 16.7 Å². The van der Waals surface area contributed by atoms with E-state index < -0.39 is 24.0 Å². The van der Waals surface area contributed by atoms with Crippen LogP contribution in [0.25, 0.3) is 0 Å². The number of aromatic amines is 1. The highest BCUT2D eigenvalue weighted by atomic mass is 16.5. The number of carbonyl (C=O) groups is 3. The molecule has 0 bridgehead atoms. The van der Waals surface area contributed by atoms with Crippen LogP contribution in [0.3, 0.4) is 0 Å². The molecule has 0 aliphatic carbocycles. The lowest BCUT2D eigenvalue weighted by Crippen LogP contribution is -2.57. The predicted molar refractivity (Wildman–Crippen MR) is 171 cm³/mol. The molecule has 4 aromatic rings. The summed E-state index contributed by atoms with van der Waals surface area (Å²) in [6.07, 6.45) is 7.00. The van der Waals surface area contributed by atoms with E-state index in [9.17, 15) is 14.4 Å². The van der Waals surface area contributed by atoms with Crippen LogP contribution in [-0.4, -0.2) is 63.4 Å². The molecule has 0 unspecified atom stereocenters. The van der Waals surface area contributed by atoms with E-state index in [0.29, 0.717) is 31.1 Å². The van der Waals surface area contributed by atoms with Gasteiger partial charge in [0.25, 0.3) is 0 Å². The zero-order valence-corrected chi connectivity index (χ0v) is 25.9. The van der Waals surface area contributed by atoms with E-state index >= 15 is 0 Å². The average Bonchev–Trinajstić information content (AvgIpc) is 3.58. The zero-order chi connectivity index (χ0) is 32.0. The molecule has 0 aliphatic heterocycles. The van der Waals surface area contributed by atoms with Crippen LogP contribution in [0.2, 0.25) is 0 Å². The molecule has 0 saturated carbocycles. The van der Waals surface area contributed by atoms with Gasteiger partial charge in [-0.2, -0.15) is 0 Å². The number of aromatic nitrogens is 3. The first-order valence-electron chi connectivity index (χ1n) is 15.0. The lowest BCUT2D eigenvalue weighted by Gasteiger charge is -2.31. The molecule has 2 aromatic heterocycles. The van der Waals surface area contributed by atoms with Crippen LogP contribution < -0.4 is 20.7 Å². The number of hydrogen-bond acceptors (Lipinski definition) is 6. The van der Waals surface area contributed by atoms with E-state index in [2.05, 4.69) is 30.9 Å². The van der Waals surface area contributed by atoms with Gasteiger partial charge in [0.1, 0.15) is 24.4 Å². The van der Waals surface area contributed by atoms with Crippen LogP contribution in [0.15, 0.2) is 91.6 Å². The summed E-state index contributed by atoms with van der Waals surface area (Å²) in [5, 5.41) is 8.59. The summed E-state index contributed by atoms with van der Waals surface area (Å²) in [6, 6.07) is 18.5. The molecule has 0 radical (unpaired) electrons. The largest absolute Gasteiger partial charge is 0.489 e. The van der Waals surface area contributed by atoms with Crippen molar-refractivity contribution >= 4 is 17.8 Å². The van der Waals surface area contributed by atoms with Crippen LogP contribution in [0.4, 0.5) is 4.79 Å². The Bertz CT molecular complexity index is 1480. The molecule has 0 fully saturated rings. The van der Waals surface area contributed by atoms with Gasteiger partial charge in [0.15, 0.2) is 0 Å². The SMILES string of the molecule is CC(C)CNC(=O)[C@H](Cc1ccc(OCc2ccncc2)cc1)N(C)C(=O)[C@H](Cc1cnc[nH]1)NC(=O)NCc1ccccc1. The van der Waals surface area contributed by atoms with Gasteiger partial charge in [-0.1, -0.05) is 56.3 Å². The standard InChI is InChI=1S/C34H41N7O4/c1-24(2)19-37-32(42)31(17-25-9-11-29(12-10-25)45-22-27-13-15-35-16-14-27)41(3)33(43)30(18-28-21-36-23-39-28)40-34(44)38-20-26-7-5-4-6-8-26/h4-16,21,23-24,30-31H,17-20,22H2,1-3H3,(H,36,39)(H,37,42)(H2,38,40,44)/t30-,31-/m0/s1. The summed E-state index contributed by atoms with van der Waals surface area (Å²) in [5.74, 6) is 0.245. The molecule has 2 heterocycles. The highest BCUT2D eigenvalue weighted by molar-refractivity contribution is 5.92. The smallest absolute Gasteiger partial charge is 0.315 e. The van der Waals surface area contributed by atoms with Crippen molar-refractivity contribution in [3.63, 3.8) is 0 Å². The van der Waals surface area contributed by atoms with Crippen LogP contribution in [0.1, 0.15) is 36.2 Å². The number of benzene rings is 2. The molecule has 11 heteroatoms. The maximum absolute atomic E-state index is 14.0. The molecule has 2 atom stereocenters. The van der Waals surface area contributed by atoms with Crippen molar-refractivity contribution in [2.75, 3.05) is 13.6 Å². The quantitative estimate of drug-likeness (QED) is 0.162. The number of imidazole rings is 1. The maximum Gasteiger partial charge on any atom is 0.315 e. The summed E-state index contributed by atoms with van der Waals surface area (Å²) in [6.45, 7) is 5.19. The highest BCUT2D eigenvalue weighted by Crippen LogP contribution is 2.17. The van der Waals surface area contributed by atoms with Gasteiger partial charge in [0, 0.05) is 57.3 Å². The van der Waals surface area contributed by atoms with Gasteiger partial charge in [-0.15, -0.1) is 0 Å². The Hall–Kier alpha value is -5.19. The molecule has 11 nitrogen and oxygen atoms in total. The summed E-state index contributed by atoms with van der Waals surface area (Å²) in [4.78, 5) is 52.9. The number of nitrogens with zero attached hydrogens (tertiary/aromatic N) is 3. The Labute approximate surface area is 263 Å². The molecule has 4 amide bonds. The number of carbonyl (C=O) groups excluding carboxylic acids is 3. The maximum atomic E-state index is 14.0. The fourth-order valence-corrected chi connectivity index (χ4v) is 4.62. The van der Waals surface area contributed by atoms with Crippen molar-refractivity contribution in [3.05, 3.63) is 114 Å². The van der Waals surface area contributed by atoms with Crippen molar-refractivity contribution in [3.8, 4) is 5.75 Å². The first-order chi connectivity index (χ1) is 21.8. The monoisotopic (exact) mass is 611 g/mol. The lowest BCUT2D eigenvalue weighted by molar-refractivity contribution is -0.140. The molecule has 0 saturated heterocycles. The van der Waals surface area contributed by atoms with Crippen molar-refractivity contribution in [2.45, 2.75) is 51.9 Å². The number of nitrogens with one attached hydrogen (secondary N) is 4. The van der Waals surface area contributed by atoms with E-state index in [4.69, 9.17) is 4.74 Å². The molecule has 2 aromatic carbocycles. The second kappa shape index (κ2) is 16.6. The minimum Gasteiger partial charge on any atom is -0.489 e. The first kappa shape index (κ1) is 32.7. The van der Waals surface area contributed by atoms with Gasteiger partial charge in [-0.3, -0.25) is 14.6 Å². The molecular formula is C34H41N7O4. The molecule has 236 valence electrons. The second-order valence-corrected chi connectivity index (χ2v) is 11.2. The van der Waals surface area contributed by atoms with Crippen LogP contribution in [0.5, 0.6) is 5.75 Å². The number of ether oxygens (including phenoxy) is 1. The Kier molecular flexibility index (Phi) is 12.1. The van der Waals surface area contributed by atoms with E-state index in [-0.39, 0.29) is 24.7 Å². The number of H-pyrrole nitrogens is 1. The molecule has 4 N–H and O–H groups in total. The number of urea groups is 1. The Morgan fingerprint density at radius 1 is 0.867 bits per heavy atom. The minimum absolute atomic E-state index is 0.172. The van der Waals surface area contributed by atoms with Crippen LogP contribution in [-0.2, 0) is 35.6 Å². The molecular weight excluding hydrogens is 570 g/mol. The van der Waals surface area contributed by atoms with Gasteiger partial charge >= 0.3 is 6.03 Å². The number of likely N-dealkylation sites (N-methyl/N-ethyl adjacent to an activating group) is 1. The first-order valence-corrected chi connectivity index (χ1v) is 15.0. The van der Waals surface area contributed by atoms with Crippen molar-refractivity contribution in [1.29, 1.82) is 0 Å². The summed E-state index contributed by atoms with van der Waals surface area (Å²) in [5.41, 5.74) is 3.46. The van der Waals surface area contributed by atoms with E-state index in [1.165, 1.54) is 11.2 Å². The van der Waals surface area contributed by atoms with Gasteiger partial charge in [-0.25, -0.2) is 9.78 Å². The van der Waals surface area contributed by atoms with Gasteiger partial charge < -0.3 is 30.6 Å². The number of hydrogen-bond donors (Lipinski definition) is 4. The van der Waals surface area contributed by atoms with Crippen LogP contribution in [0, 0.1) is 5.92 Å². The minimum atomic E-state index is -0.949. The molecule has 4 rings (SSSR count). The van der Waals surface area contributed by atoms with E-state index in [1.807, 2.05) is 80.6 Å². The summed E-state index contributed by atoms with van der Waals surface area (Å²) >= 11 is 0. The summed E-state index contributed by atoms with van der Waals surface area (Å²) in [7, 11) is 1.59.